The first-order valence-corrected chi connectivity index (χ1v) is 5.40. The van der Waals surface area contributed by atoms with Gasteiger partial charge in [-0.3, -0.25) is 0 Å². The number of nitrogens with one attached hydrogen (secondary N) is 1. The highest BCUT2D eigenvalue weighted by molar-refractivity contribution is 6.45. The average molecular weight is 201 g/mol. The highest BCUT2D eigenvalue weighted by Crippen LogP contribution is 2.16. The van der Waals surface area contributed by atoms with Gasteiger partial charge in [0.15, 0.2) is 0 Å². The Labute approximate surface area is 90.6 Å². The van der Waals surface area contributed by atoms with Crippen LogP contribution in [0.15, 0.2) is 24.3 Å². The molecule has 0 fully saturated rings. The molecule has 0 saturated heterocycles. The first-order chi connectivity index (χ1) is 7.19. The Balaban J connectivity index is 2.37. The SMILES string of the molecule is CC(C)Cc1cc2ccc(BO)cc2[nH]1. The van der Waals surface area contributed by atoms with E-state index >= 15 is 0 Å². The van der Waals surface area contributed by atoms with Crippen molar-refractivity contribution in [2.45, 2.75) is 20.3 Å². The Morgan fingerprint density at radius 1 is 1.33 bits per heavy atom. The van der Waals surface area contributed by atoms with E-state index in [4.69, 9.17) is 5.02 Å². The van der Waals surface area contributed by atoms with Crippen molar-refractivity contribution in [2.75, 3.05) is 0 Å². The molecule has 2 N–H and O–H groups in total. The lowest BCUT2D eigenvalue weighted by atomic mass is 9.88. The lowest BCUT2D eigenvalue weighted by Gasteiger charge is -1.99. The summed E-state index contributed by atoms with van der Waals surface area (Å²) in [6.07, 6.45) is 1.07. The van der Waals surface area contributed by atoms with Crippen molar-refractivity contribution in [2.24, 2.45) is 5.92 Å². The van der Waals surface area contributed by atoms with Crippen LogP contribution in [0.4, 0.5) is 0 Å². The summed E-state index contributed by atoms with van der Waals surface area (Å²) >= 11 is 0. The molecular formula is C12H16BNO. The zero-order chi connectivity index (χ0) is 10.8. The van der Waals surface area contributed by atoms with Crippen LogP contribution in [0.25, 0.3) is 10.9 Å². The number of fused-ring (bicyclic) bond motifs is 1. The molecule has 15 heavy (non-hydrogen) atoms. The van der Waals surface area contributed by atoms with Gasteiger partial charge in [-0.1, -0.05) is 31.4 Å². The first-order valence-electron chi connectivity index (χ1n) is 5.40. The van der Waals surface area contributed by atoms with Crippen LogP contribution in [0.5, 0.6) is 0 Å². The molecule has 2 nitrogen and oxygen atoms in total. The predicted octanol–water partition coefficient (Wildman–Crippen LogP) is 1.34. The van der Waals surface area contributed by atoms with Gasteiger partial charge in [-0.15, -0.1) is 0 Å². The van der Waals surface area contributed by atoms with Gasteiger partial charge in [0, 0.05) is 11.2 Å². The molecule has 1 aromatic carbocycles. The van der Waals surface area contributed by atoms with Crippen molar-refractivity contribution in [3.8, 4) is 0 Å². The Morgan fingerprint density at radius 2 is 2.13 bits per heavy atom. The Morgan fingerprint density at radius 3 is 2.80 bits per heavy atom. The Hall–Kier alpha value is -1.22. The van der Waals surface area contributed by atoms with Crippen molar-refractivity contribution in [3.63, 3.8) is 0 Å². The van der Waals surface area contributed by atoms with E-state index in [1.54, 1.807) is 0 Å². The molecule has 0 aliphatic heterocycles. The normalized spacial score (nSPS) is 11.2. The number of H-pyrrole nitrogens is 1. The van der Waals surface area contributed by atoms with E-state index in [0.717, 1.165) is 17.4 Å². The molecule has 0 bridgehead atoms. The third-order valence-electron chi connectivity index (χ3n) is 2.55. The van der Waals surface area contributed by atoms with Gasteiger partial charge < -0.3 is 10.0 Å². The van der Waals surface area contributed by atoms with Crippen LogP contribution in [-0.2, 0) is 6.42 Å². The fraction of sp³-hybridized carbons (Fsp3) is 0.333. The average Bonchev–Trinajstić information content (AvgIpc) is 2.57. The molecular weight excluding hydrogens is 185 g/mol. The summed E-state index contributed by atoms with van der Waals surface area (Å²) in [5.41, 5.74) is 3.35. The molecule has 0 amide bonds. The largest absolute Gasteiger partial charge is 0.449 e. The molecule has 1 aromatic heterocycles. The van der Waals surface area contributed by atoms with E-state index in [-0.39, 0.29) is 7.48 Å². The number of aromatic amines is 1. The van der Waals surface area contributed by atoms with E-state index in [9.17, 15) is 0 Å². The molecule has 0 unspecified atom stereocenters. The maximum Gasteiger partial charge on any atom is 0.304 e. The van der Waals surface area contributed by atoms with Gasteiger partial charge in [0.2, 0.25) is 0 Å². The summed E-state index contributed by atoms with van der Waals surface area (Å²) in [7, 11) is 0.106. The van der Waals surface area contributed by atoms with E-state index < -0.39 is 0 Å². The van der Waals surface area contributed by atoms with Gasteiger partial charge in [-0.25, -0.2) is 0 Å². The molecule has 0 aliphatic rings. The lowest BCUT2D eigenvalue weighted by Crippen LogP contribution is -2.11. The van der Waals surface area contributed by atoms with Gasteiger partial charge in [-0.05, 0) is 29.9 Å². The van der Waals surface area contributed by atoms with Crippen molar-refractivity contribution in [3.05, 3.63) is 30.0 Å². The molecule has 2 rings (SSSR count). The molecule has 3 heteroatoms. The summed E-state index contributed by atoms with van der Waals surface area (Å²) in [6.45, 7) is 4.43. The second-order valence-electron chi connectivity index (χ2n) is 4.47. The number of hydrogen-bond donors (Lipinski definition) is 2. The molecule has 2 aromatic rings. The van der Waals surface area contributed by atoms with Crippen molar-refractivity contribution < 1.29 is 5.02 Å². The van der Waals surface area contributed by atoms with Crippen LogP contribution in [0.3, 0.4) is 0 Å². The van der Waals surface area contributed by atoms with Crippen molar-refractivity contribution in [1.82, 2.24) is 4.98 Å². The van der Waals surface area contributed by atoms with Crippen LogP contribution < -0.4 is 5.46 Å². The predicted molar refractivity (Wildman–Crippen MR) is 65.8 cm³/mol. The number of benzene rings is 1. The van der Waals surface area contributed by atoms with Crippen LogP contribution in [-0.4, -0.2) is 17.5 Å². The Bertz CT molecular complexity index is 462. The third kappa shape index (κ3) is 2.24. The van der Waals surface area contributed by atoms with Gasteiger partial charge in [0.05, 0.1) is 0 Å². The van der Waals surface area contributed by atoms with Crippen molar-refractivity contribution in [1.29, 1.82) is 0 Å². The second-order valence-corrected chi connectivity index (χ2v) is 4.47. The Kier molecular flexibility index (Phi) is 2.82. The maximum absolute atomic E-state index is 9.04. The molecule has 0 spiro atoms. The fourth-order valence-corrected chi connectivity index (χ4v) is 1.88. The summed E-state index contributed by atoms with van der Waals surface area (Å²) in [5.74, 6) is 0.662. The van der Waals surface area contributed by atoms with Crippen LogP contribution in [0.1, 0.15) is 19.5 Å². The second kappa shape index (κ2) is 4.11. The minimum atomic E-state index is 0.106. The smallest absolute Gasteiger partial charge is 0.304 e. The van der Waals surface area contributed by atoms with Crippen LogP contribution in [0.2, 0.25) is 0 Å². The highest BCUT2D eigenvalue weighted by atomic mass is 16.2. The van der Waals surface area contributed by atoms with Gasteiger partial charge in [0.25, 0.3) is 0 Å². The fourth-order valence-electron chi connectivity index (χ4n) is 1.88. The standard InChI is InChI=1S/C12H16BNO/c1-8(2)5-11-6-9-3-4-10(13-15)7-12(9)14-11/h3-4,6-8,13-15H,5H2,1-2H3. The zero-order valence-electron chi connectivity index (χ0n) is 9.25. The summed E-state index contributed by atoms with van der Waals surface area (Å²) in [6, 6.07) is 8.23. The minimum absolute atomic E-state index is 0.106. The zero-order valence-corrected chi connectivity index (χ0v) is 9.25. The van der Waals surface area contributed by atoms with E-state index in [1.165, 1.54) is 11.1 Å². The molecule has 0 radical (unpaired) electrons. The topological polar surface area (TPSA) is 36.0 Å². The first kappa shape index (κ1) is 10.3. The van der Waals surface area contributed by atoms with Crippen molar-refractivity contribution >= 4 is 23.8 Å². The van der Waals surface area contributed by atoms with Gasteiger partial charge in [-0.2, -0.15) is 0 Å². The number of hydrogen-bond acceptors (Lipinski definition) is 1. The van der Waals surface area contributed by atoms with Gasteiger partial charge >= 0.3 is 7.48 Å². The van der Waals surface area contributed by atoms with Crippen LogP contribution in [0, 0.1) is 5.92 Å². The minimum Gasteiger partial charge on any atom is -0.449 e. The van der Waals surface area contributed by atoms with Gasteiger partial charge in [0.1, 0.15) is 0 Å². The van der Waals surface area contributed by atoms with E-state index in [1.807, 2.05) is 12.1 Å². The summed E-state index contributed by atoms with van der Waals surface area (Å²) in [5, 5.41) is 10.3. The molecule has 0 atom stereocenters. The molecule has 0 aliphatic carbocycles. The number of aromatic nitrogens is 1. The molecule has 0 saturated carbocycles. The highest BCUT2D eigenvalue weighted by Gasteiger charge is 2.03. The summed E-state index contributed by atoms with van der Waals surface area (Å²) in [4.78, 5) is 3.39. The lowest BCUT2D eigenvalue weighted by molar-refractivity contribution is 0.615. The maximum atomic E-state index is 9.04. The van der Waals surface area contributed by atoms with Crippen LogP contribution >= 0.6 is 0 Å². The van der Waals surface area contributed by atoms with E-state index in [2.05, 4.69) is 31.0 Å². The van der Waals surface area contributed by atoms with E-state index in [0.29, 0.717) is 5.92 Å². The summed E-state index contributed by atoms with van der Waals surface area (Å²) < 4.78 is 0. The molecule has 1 heterocycles. The quantitative estimate of drug-likeness (QED) is 0.722. The number of rotatable bonds is 3. The monoisotopic (exact) mass is 201 g/mol. The molecule has 78 valence electrons. The third-order valence-corrected chi connectivity index (χ3v) is 2.55.